The van der Waals surface area contributed by atoms with Gasteiger partial charge in [0.1, 0.15) is 18.1 Å². The first kappa shape index (κ1) is 29.2. The lowest BCUT2D eigenvalue weighted by atomic mass is 10.0. The molecule has 0 rings (SSSR count). The van der Waals surface area contributed by atoms with Crippen LogP contribution in [0.15, 0.2) is 0 Å². The summed E-state index contributed by atoms with van der Waals surface area (Å²) in [6, 6.07) is -4.94. The van der Waals surface area contributed by atoms with Crippen molar-refractivity contribution in [3.05, 3.63) is 0 Å². The summed E-state index contributed by atoms with van der Waals surface area (Å²) in [5, 5.41) is 34.4. The molecule has 32 heavy (non-hydrogen) atoms. The van der Waals surface area contributed by atoms with Crippen molar-refractivity contribution in [1.29, 1.82) is 0 Å². The fourth-order valence-electron chi connectivity index (χ4n) is 2.68. The van der Waals surface area contributed by atoms with Crippen LogP contribution >= 0.6 is 0 Å². The number of carbonyl (C=O) groups is 5. The van der Waals surface area contributed by atoms with Crippen molar-refractivity contribution in [2.24, 2.45) is 17.4 Å². The van der Waals surface area contributed by atoms with E-state index in [9.17, 15) is 34.2 Å². The summed E-state index contributed by atoms with van der Waals surface area (Å²) in [5.74, 6) is -5.24. The molecule has 3 amide bonds. The van der Waals surface area contributed by atoms with Crippen molar-refractivity contribution in [2.75, 3.05) is 13.2 Å². The number of carboxylic acid groups (broad SMARTS) is 2. The van der Waals surface area contributed by atoms with Gasteiger partial charge in [-0.15, -0.1) is 0 Å². The van der Waals surface area contributed by atoms with Gasteiger partial charge < -0.3 is 42.7 Å². The molecule has 0 radical (unpaired) electrons. The van der Waals surface area contributed by atoms with E-state index in [1.807, 2.05) is 0 Å². The first-order chi connectivity index (χ1) is 14.9. The highest BCUT2D eigenvalue weighted by Gasteiger charge is 2.31. The minimum absolute atomic E-state index is 0.128. The Hall–Kier alpha value is -2.77. The van der Waals surface area contributed by atoms with Crippen molar-refractivity contribution >= 4 is 29.7 Å². The van der Waals surface area contributed by atoms with Gasteiger partial charge in [0.25, 0.3) is 0 Å². The summed E-state index contributed by atoms with van der Waals surface area (Å²) in [5.41, 5.74) is 11.0. The lowest BCUT2D eigenvalue weighted by molar-refractivity contribution is -0.143. The quantitative estimate of drug-likeness (QED) is 0.112. The molecule has 13 nitrogen and oxygen atoms in total. The third kappa shape index (κ3) is 11.0. The maximum absolute atomic E-state index is 12.6. The highest BCUT2D eigenvalue weighted by molar-refractivity contribution is 5.94. The summed E-state index contributed by atoms with van der Waals surface area (Å²) < 4.78 is 0. The number of nitrogens with two attached hydrogens (primary N) is 2. The number of aliphatic hydroxyl groups excluding tert-OH is 1. The van der Waals surface area contributed by atoms with Crippen LogP contribution in [0.4, 0.5) is 0 Å². The molecule has 0 fully saturated rings. The number of hydrogen-bond acceptors (Lipinski definition) is 8. The third-order valence-electron chi connectivity index (χ3n) is 4.63. The normalized spacial score (nSPS) is 14.7. The van der Waals surface area contributed by atoms with E-state index in [1.54, 1.807) is 13.8 Å². The molecule has 0 heterocycles. The average molecular weight is 462 g/mol. The molecule has 4 atom stereocenters. The molecule has 0 unspecified atom stereocenters. The van der Waals surface area contributed by atoms with Gasteiger partial charge in [-0.1, -0.05) is 13.8 Å². The number of aliphatic carboxylic acids is 2. The van der Waals surface area contributed by atoms with Gasteiger partial charge in [0, 0.05) is 6.42 Å². The first-order valence-corrected chi connectivity index (χ1v) is 10.4. The van der Waals surface area contributed by atoms with Crippen molar-refractivity contribution < 1.29 is 39.3 Å². The Labute approximate surface area is 186 Å². The molecule has 0 aromatic rings. The predicted molar refractivity (Wildman–Crippen MR) is 113 cm³/mol. The van der Waals surface area contributed by atoms with Crippen LogP contribution in [0, 0.1) is 5.92 Å². The highest BCUT2D eigenvalue weighted by Crippen LogP contribution is 2.06. The summed E-state index contributed by atoms with van der Waals surface area (Å²) in [4.78, 5) is 59.2. The number of nitrogens with one attached hydrogen (secondary N) is 3. The molecule has 0 bridgehead atoms. The zero-order valence-electron chi connectivity index (χ0n) is 18.4. The average Bonchev–Trinajstić information content (AvgIpc) is 2.72. The van der Waals surface area contributed by atoms with Crippen LogP contribution < -0.4 is 27.4 Å². The molecule has 184 valence electrons. The molecule has 0 aliphatic rings. The summed E-state index contributed by atoms with van der Waals surface area (Å²) in [7, 11) is 0. The number of carboxylic acids is 2. The number of rotatable bonds is 16. The monoisotopic (exact) mass is 461 g/mol. The third-order valence-corrected chi connectivity index (χ3v) is 4.63. The maximum atomic E-state index is 12.6. The smallest absolute Gasteiger partial charge is 0.326 e. The molecule has 0 aromatic heterocycles. The van der Waals surface area contributed by atoms with Crippen LogP contribution in [0.5, 0.6) is 0 Å². The number of aliphatic hydroxyl groups is 1. The molecule has 0 saturated carbocycles. The van der Waals surface area contributed by atoms with Gasteiger partial charge >= 0.3 is 11.9 Å². The number of carbonyl (C=O) groups excluding carboxylic acids is 3. The Balaban J connectivity index is 5.08. The SMILES string of the molecule is CC(C)[C@H](NC(=O)[C@@H](N)CCC(=O)O)C(=O)N[C@@H](CO)C(=O)N[C@@H](CCCCN)C(=O)O. The Morgan fingerprint density at radius 3 is 1.91 bits per heavy atom. The van der Waals surface area contributed by atoms with Crippen molar-refractivity contribution in [3.8, 4) is 0 Å². The summed E-state index contributed by atoms with van der Waals surface area (Å²) >= 11 is 0. The van der Waals surface area contributed by atoms with Gasteiger partial charge in [-0.3, -0.25) is 19.2 Å². The zero-order valence-corrected chi connectivity index (χ0v) is 18.4. The molecule has 0 aromatic carbocycles. The first-order valence-electron chi connectivity index (χ1n) is 10.4. The van der Waals surface area contributed by atoms with E-state index in [0.29, 0.717) is 19.4 Å². The van der Waals surface area contributed by atoms with E-state index in [-0.39, 0.29) is 19.3 Å². The zero-order chi connectivity index (χ0) is 24.8. The van der Waals surface area contributed by atoms with Gasteiger partial charge in [0.2, 0.25) is 17.7 Å². The summed E-state index contributed by atoms with van der Waals surface area (Å²) in [6.45, 7) is 2.82. The van der Waals surface area contributed by atoms with Gasteiger partial charge in [0.15, 0.2) is 0 Å². The molecule has 0 aliphatic heterocycles. The van der Waals surface area contributed by atoms with Crippen LogP contribution in [0.25, 0.3) is 0 Å². The van der Waals surface area contributed by atoms with Crippen molar-refractivity contribution in [3.63, 3.8) is 0 Å². The summed E-state index contributed by atoms with van der Waals surface area (Å²) in [6.07, 6.45) is 0.715. The van der Waals surface area contributed by atoms with E-state index in [2.05, 4.69) is 16.0 Å². The van der Waals surface area contributed by atoms with E-state index in [1.165, 1.54) is 0 Å². The maximum Gasteiger partial charge on any atom is 0.326 e. The van der Waals surface area contributed by atoms with Crippen LogP contribution in [-0.2, 0) is 24.0 Å². The van der Waals surface area contributed by atoms with Crippen LogP contribution in [0.3, 0.4) is 0 Å². The Morgan fingerprint density at radius 1 is 0.844 bits per heavy atom. The van der Waals surface area contributed by atoms with Crippen LogP contribution in [0.1, 0.15) is 46.0 Å². The highest BCUT2D eigenvalue weighted by atomic mass is 16.4. The molecular formula is C19H35N5O8. The Bertz CT molecular complexity index is 658. The largest absolute Gasteiger partial charge is 0.481 e. The molecule has 10 N–H and O–H groups in total. The van der Waals surface area contributed by atoms with Gasteiger partial charge in [0.05, 0.1) is 12.6 Å². The van der Waals surface area contributed by atoms with Gasteiger partial charge in [-0.25, -0.2) is 4.79 Å². The number of unbranched alkanes of at least 4 members (excludes halogenated alkanes) is 1. The van der Waals surface area contributed by atoms with E-state index in [4.69, 9.17) is 16.6 Å². The topological polar surface area (TPSA) is 234 Å². The Morgan fingerprint density at radius 2 is 1.44 bits per heavy atom. The molecule has 0 saturated heterocycles. The molecular weight excluding hydrogens is 426 g/mol. The second kappa shape index (κ2) is 15.1. The molecule has 0 aliphatic carbocycles. The van der Waals surface area contributed by atoms with Crippen molar-refractivity contribution in [2.45, 2.75) is 70.1 Å². The number of amides is 3. The minimum atomic E-state index is -1.45. The van der Waals surface area contributed by atoms with Crippen LogP contribution in [-0.4, -0.2) is 82.3 Å². The van der Waals surface area contributed by atoms with E-state index < -0.39 is 66.4 Å². The standard InChI is InChI=1S/C19H35N5O8/c1-10(2)15(24-16(28)11(21)6-7-14(26)27)18(30)23-13(9-25)17(29)22-12(19(31)32)5-3-4-8-20/h10-13,15,25H,3-9,20-21H2,1-2H3,(H,22,29)(H,23,30)(H,24,28)(H,26,27)(H,31,32)/t11-,12-,13-,15-/m0/s1. The Kier molecular flexibility index (Phi) is 13.8. The molecule has 0 spiro atoms. The van der Waals surface area contributed by atoms with E-state index in [0.717, 1.165) is 0 Å². The van der Waals surface area contributed by atoms with Gasteiger partial charge in [-0.2, -0.15) is 0 Å². The predicted octanol–water partition coefficient (Wildman–Crippen LogP) is -2.51. The second-order valence-electron chi connectivity index (χ2n) is 7.70. The molecule has 13 heteroatoms. The van der Waals surface area contributed by atoms with Gasteiger partial charge in [-0.05, 0) is 38.1 Å². The van der Waals surface area contributed by atoms with E-state index >= 15 is 0 Å². The second-order valence-corrected chi connectivity index (χ2v) is 7.70. The minimum Gasteiger partial charge on any atom is -0.481 e. The fraction of sp³-hybridized carbons (Fsp3) is 0.737. The lowest BCUT2D eigenvalue weighted by Crippen LogP contribution is -2.59. The fourth-order valence-corrected chi connectivity index (χ4v) is 2.68. The van der Waals surface area contributed by atoms with Crippen molar-refractivity contribution in [1.82, 2.24) is 16.0 Å². The lowest BCUT2D eigenvalue weighted by Gasteiger charge is -2.26. The van der Waals surface area contributed by atoms with Crippen LogP contribution in [0.2, 0.25) is 0 Å². The number of hydrogen-bond donors (Lipinski definition) is 8.